The van der Waals surface area contributed by atoms with Crippen molar-refractivity contribution in [3.8, 4) is 5.75 Å². The van der Waals surface area contributed by atoms with Gasteiger partial charge >= 0.3 is 0 Å². The van der Waals surface area contributed by atoms with Gasteiger partial charge in [0, 0.05) is 10.6 Å². The minimum Gasteiger partial charge on any atom is -0.485 e. The molecular weight excluding hydrogens is 300 g/mol. The van der Waals surface area contributed by atoms with E-state index in [9.17, 15) is 0 Å². The molecule has 0 fully saturated rings. The molecule has 1 aromatic rings. The van der Waals surface area contributed by atoms with E-state index < -0.39 is 0 Å². The summed E-state index contributed by atoms with van der Waals surface area (Å²) in [5, 5.41) is 0.730. The summed E-state index contributed by atoms with van der Waals surface area (Å²) in [5.41, 5.74) is 1.05. The Morgan fingerprint density at radius 2 is 2.18 bits per heavy atom. The van der Waals surface area contributed by atoms with Gasteiger partial charge in [0.25, 0.3) is 0 Å². The molecule has 0 radical (unpaired) electrons. The molecule has 0 bridgehead atoms. The molecule has 0 spiro atoms. The van der Waals surface area contributed by atoms with Crippen molar-refractivity contribution in [1.29, 1.82) is 0 Å². The van der Waals surface area contributed by atoms with Gasteiger partial charge in [0.1, 0.15) is 11.9 Å². The molecule has 3 heteroatoms. The zero-order valence-corrected chi connectivity index (χ0v) is 12.2. The summed E-state index contributed by atoms with van der Waals surface area (Å²) in [6.45, 7) is 2.21. The molecule has 1 unspecified atom stereocenters. The van der Waals surface area contributed by atoms with E-state index in [1.54, 1.807) is 0 Å². The molecular formula is C14H16BrClO. The first kappa shape index (κ1) is 13.0. The third-order valence-corrected chi connectivity index (χ3v) is 3.70. The lowest BCUT2D eigenvalue weighted by Gasteiger charge is -2.22. The van der Waals surface area contributed by atoms with E-state index >= 15 is 0 Å². The van der Waals surface area contributed by atoms with Crippen molar-refractivity contribution in [1.82, 2.24) is 0 Å². The van der Waals surface area contributed by atoms with Gasteiger partial charge in [-0.05, 0) is 47.0 Å². The second kappa shape index (κ2) is 5.92. The fourth-order valence-corrected chi connectivity index (χ4v) is 2.91. The summed E-state index contributed by atoms with van der Waals surface area (Å²) < 4.78 is 6.91. The third-order valence-electron chi connectivity index (χ3n) is 2.89. The lowest BCUT2D eigenvalue weighted by molar-refractivity contribution is 0.229. The van der Waals surface area contributed by atoms with Gasteiger partial charge in [0.15, 0.2) is 0 Å². The maximum Gasteiger partial charge on any atom is 0.141 e. The van der Waals surface area contributed by atoms with Crippen molar-refractivity contribution >= 4 is 33.6 Å². The molecule has 0 aromatic heterocycles. The number of benzene rings is 1. The highest BCUT2D eigenvalue weighted by atomic mass is 79.9. The Morgan fingerprint density at radius 1 is 1.35 bits per heavy atom. The fourth-order valence-electron chi connectivity index (χ4n) is 1.98. The van der Waals surface area contributed by atoms with Gasteiger partial charge in [-0.15, -0.1) is 0 Å². The highest BCUT2D eigenvalue weighted by molar-refractivity contribution is 9.10. The van der Waals surface area contributed by atoms with Crippen LogP contribution in [-0.4, -0.2) is 6.10 Å². The molecule has 2 rings (SSSR count). The van der Waals surface area contributed by atoms with Gasteiger partial charge in [-0.25, -0.2) is 0 Å². The zero-order chi connectivity index (χ0) is 12.3. The molecule has 1 aliphatic heterocycles. The van der Waals surface area contributed by atoms with Crippen molar-refractivity contribution < 1.29 is 4.74 Å². The number of ether oxygens (including phenoxy) is 1. The van der Waals surface area contributed by atoms with E-state index in [0.717, 1.165) is 27.2 Å². The first-order chi connectivity index (χ1) is 8.20. The van der Waals surface area contributed by atoms with Gasteiger partial charge in [0.05, 0.1) is 4.47 Å². The first-order valence-corrected chi connectivity index (χ1v) is 7.21. The summed E-state index contributed by atoms with van der Waals surface area (Å²) >= 11 is 9.50. The molecule has 1 heterocycles. The van der Waals surface area contributed by atoms with Crippen molar-refractivity contribution in [3.05, 3.63) is 33.3 Å². The maximum atomic E-state index is 6.00. The van der Waals surface area contributed by atoms with Crippen molar-refractivity contribution in [3.63, 3.8) is 0 Å². The summed E-state index contributed by atoms with van der Waals surface area (Å²) in [7, 11) is 0. The molecule has 0 N–H and O–H groups in total. The molecule has 0 saturated carbocycles. The van der Waals surface area contributed by atoms with Crippen LogP contribution in [0.4, 0.5) is 0 Å². The van der Waals surface area contributed by atoms with Crippen molar-refractivity contribution in [2.45, 2.75) is 38.7 Å². The van der Waals surface area contributed by atoms with Crippen LogP contribution in [0.3, 0.4) is 0 Å². The van der Waals surface area contributed by atoms with Crippen LogP contribution in [0.1, 0.15) is 38.2 Å². The fraction of sp³-hybridized carbons (Fsp3) is 0.429. The molecule has 1 aromatic carbocycles. The second-order valence-corrected chi connectivity index (χ2v) is 5.61. The number of halogens is 2. The summed E-state index contributed by atoms with van der Waals surface area (Å²) in [6.07, 6.45) is 9.23. The molecule has 92 valence electrons. The van der Waals surface area contributed by atoms with Gasteiger partial charge in [-0.3, -0.25) is 0 Å². The molecule has 0 aliphatic carbocycles. The minimum absolute atomic E-state index is 0.200. The van der Waals surface area contributed by atoms with Gasteiger partial charge in [-0.1, -0.05) is 37.4 Å². The molecule has 1 nitrogen and oxygen atoms in total. The summed E-state index contributed by atoms with van der Waals surface area (Å²) in [6, 6.07) is 3.81. The van der Waals surface area contributed by atoms with Crippen molar-refractivity contribution in [2.24, 2.45) is 0 Å². The van der Waals surface area contributed by atoms with Gasteiger partial charge in [0.2, 0.25) is 0 Å². The van der Waals surface area contributed by atoms with E-state index in [-0.39, 0.29) is 6.10 Å². The zero-order valence-electron chi connectivity index (χ0n) is 9.88. The van der Waals surface area contributed by atoms with Crippen LogP contribution in [0, 0.1) is 0 Å². The third kappa shape index (κ3) is 3.26. The smallest absolute Gasteiger partial charge is 0.141 e. The van der Waals surface area contributed by atoms with E-state index in [1.807, 2.05) is 12.1 Å². The number of fused-ring (bicyclic) bond motifs is 1. The number of hydrogen-bond donors (Lipinski definition) is 0. The predicted octanol–water partition coefficient (Wildman–Crippen LogP) is 5.46. The highest BCUT2D eigenvalue weighted by Gasteiger charge is 2.17. The normalized spacial score (nSPS) is 17.7. The lowest BCUT2D eigenvalue weighted by atomic mass is 10.1. The number of hydrogen-bond acceptors (Lipinski definition) is 1. The molecule has 1 atom stereocenters. The topological polar surface area (TPSA) is 9.23 Å². The Kier molecular flexibility index (Phi) is 4.52. The Morgan fingerprint density at radius 3 is 2.94 bits per heavy atom. The van der Waals surface area contributed by atoms with Crippen LogP contribution in [0.2, 0.25) is 5.02 Å². The quantitative estimate of drug-likeness (QED) is 0.671. The summed E-state index contributed by atoms with van der Waals surface area (Å²) in [4.78, 5) is 0. The number of unbranched alkanes of at least 4 members (excludes halogenated alkanes) is 2. The van der Waals surface area contributed by atoms with Gasteiger partial charge in [-0.2, -0.15) is 0 Å². The van der Waals surface area contributed by atoms with E-state index in [1.165, 1.54) is 19.3 Å². The highest BCUT2D eigenvalue weighted by Crippen LogP contribution is 2.37. The van der Waals surface area contributed by atoms with Crippen LogP contribution >= 0.6 is 27.5 Å². The van der Waals surface area contributed by atoms with Crippen LogP contribution < -0.4 is 4.74 Å². The predicted molar refractivity (Wildman–Crippen MR) is 76.7 cm³/mol. The Labute approximate surface area is 116 Å². The molecule has 0 saturated heterocycles. The molecule has 0 amide bonds. The maximum absolute atomic E-state index is 6.00. The number of rotatable bonds is 4. The van der Waals surface area contributed by atoms with E-state index in [2.05, 4.69) is 35.0 Å². The Hall–Kier alpha value is -0.470. The Bertz CT molecular complexity index is 428. The largest absolute Gasteiger partial charge is 0.485 e. The van der Waals surface area contributed by atoms with Crippen LogP contribution in [0.15, 0.2) is 22.7 Å². The monoisotopic (exact) mass is 314 g/mol. The van der Waals surface area contributed by atoms with Crippen LogP contribution in [-0.2, 0) is 0 Å². The summed E-state index contributed by atoms with van der Waals surface area (Å²) in [5.74, 6) is 0.915. The molecule has 1 aliphatic rings. The standard InChI is InChI=1S/C14H16BrClO/c1-2-3-4-5-12-7-6-10-8-11(16)9-13(15)14(10)17-12/h6-9,12H,2-5H2,1H3. The second-order valence-electron chi connectivity index (χ2n) is 4.32. The Balaban J connectivity index is 2.08. The average Bonchev–Trinajstić information content (AvgIpc) is 2.30. The SMILES string of the molecule is CCCCCC1C=Cc2cc(Cl)cc(Br)c2O1. The van der Waals surface area contributed by atoms with Crippen LogP contribution in [0.25, 0.3) is 6.08 Å². The lowest BCUT2D eigenvalue weighted by Crippen LogP contribution is -2.17. The van der Waals surface area contributed by atoms with Gasteiger partial charge < -0.3 is 4.74 Å². The van der Waals surface area contributed by atoms with Crippen LogP contribution in [0.5, 0.6) is 5.75 Å². The minimum atomic E-state index is 0.200. The van der Waals surface area contributed by atoms with Crippen molar-refractivity contribution in [2.75, 3.05) is 0 Å². The average molecular weight is 316 g/mol. The first-order valence-electron chi connectivity index (χ1n) is 6.04. The molecule has 17 heavy (non-hydrogen) atoms. The van der Waals surface area contributed by atoms with E-state index in [4.69, 9.17) is 16.3 Å². The van der Waals surface area contributed by atoms with E-state index in [0.29, 0.717) is 0 Å².